The molecule has 3 aliphatic heterocycles. The Kier molecular flexibility index (Phi) is 31.6. The van der Waals surface area contributed by atoms with E-state index in [-0.39, 0.29) is 120 Å². The number of rotatable bonds is 27. The molecule has 2 aromatic carbocycles. The fourth-order valence-corrected chi connectivity index (χ4v) is 12.9. The van der Waals surface area contributed by atoms with Crippen molar-refractivity contribution in [2.75, 3.05) is 123 Å². The molecule has 31 heteroatoms. The van der Waals surface area contributed by atoms with Gasteiger partial charge in [0.05, 0.1) is 38.0 Å². The molecule has 4 heterocycles. The topological polar surface area (TPSA) is 417 Å². The average Bonchev–Trinajstić information content (AvgIpc) is 1.57. The van der Waals surface area contributed by atoms with Gasteiger partial charge in [0.1, 0.15) is 42.0 Å². The van der Waals surface area contributed by atoms with E-state index in [1.165, 1.54) is 44.8 Å². The Bertz CT molecular complexity index is 3060. The Balaban J connectivity index is 1.08. The molecule has 0 spiro atoms. The Morgan fingerprint density at radius 3 is 1.69 bits per heavy atom. The van der Waals surface area contributed by atoms with E-state index in [2.05, 4.69) is 47.5 Å². The summed E-state index contributed by atoms with van der Waals surface area (Å²) in [5.74, 6) is -9.11. The number of hydrogen-bond acceptors (Lipinski definition) is 19. The number of thioether (sulfide) groups is 1. The van der Waals surface area contributed by atoms with Gasteiger partial charge in [-0.25, -0.2) is 0 Å². The van der Waals surface area contributed by atoms with Gasteiger partial charge in [-0.3, -0.25) is 72.3 Å². The number of H-pyrrole nitrogens is 1. The first-order chi connectivity index (χ1) is 45.8. The molecule has 8 amide bonds. The van der Waals surface area contributed by atoms with Crippen LogP contribution in [-0.4, -0.2) is 286 Å². The monoisotopic (exact) mass is 1360 g/mol. The summed E-state index contributed by atoms with van der Waals surface area (Å²) >= 11 is 1.20. The summed E-state index contributed by atoms with van der Waals surface area (Å²) in [6.45, 7) is 7.85. The van der Waals surface area contributed by atoms with Gasteiger partial charge < -0.3 is 78.0 Å². The number of para-hydroxylation sites is 1. The molecule has 0 bridgehead atoms. The number of carboxylic acid groups (broad SMARTS) is 3. The highest BCUT2D eigenvalue weighted by Gasteiger charge is 2.40. The quantitative estimate of drug-likeness (QED) is 0.0393. The SMILES string of the molecule is C[C@@H]1NC(=O)[C@H]([C@@H](C)O)NC(=O)[C@H](CC2CCNCC2)NC(=O)[C@@H]([C@@H](C)c2c[nH]c3ccccc23)NC(=O)[C@H](Cc2ccc(O)cc2)NC(=O)[C@H](CCSCC(=O)NCCCCCCNC(=O)CN2CCN(CC(=O)O)CCN(CC(=O)O)CCN(CC(=O)O)CC2)N(C)C1=O. The maximum atomic E-state index is 15.1. The molecule has 0 radical (unpaired) electrons. The number of fused-ring (bicyclic) bond motifs is 1. The molecule has 96 heavy (non-hydrogen) atoms. The number of phenolic OH excluding ortho intramolecular Hbond substituents is 1. The van der Waals surface area contributed by atoms with Crippen molar-refractivity contribution in [1.82, 2.24) is 72.0 Å². The zero-order chi connectivity index (χ0) is 69.8. The summed E-state index contributed by atoms with van der Waals surface area (Å²) in [5, 5.41) is 73.5. The number of aromatic hydroxyl groups is 1. The summed E-state index contributed by atoms with van der Waals surface area (Å²) in [6.07, 6.45) is 4.31. The highest BCUT2D eigenvalue weighted by molar-refractivity contribution is 7.99. The second-order valence-electron chi connectivity index (χ2n) is 25.1. The largest absolute Gasteiger partial charge is 0.508 e. The number of benzene rings is 2. The van der Waals surface area contributed by atoms with Crippen LogP contribution in [0.3, 0.4) is 0 Å². The zero-order valence-electron chi connectivity index (χ0n) is 55.4. The van der Waals surface area contributed by atoms with Gasteiger partial charge in [-0.05, 0) is 106 Å². The number of amides is 8. The Morgan fingerprint density at radius 2 is 1.12 bits per heavy atom. The maximum absolute atomic E-state index is 15.1. The predicted octanol–water partition coefficient (Wildman–Crippen LogP) is -1.33. The minimum atomic E-state index is -1.59. The summed E-state index contributed by atoms with van der Waals surface area (Å²) < 4.78 is 0. The predicted molar refractivity (Wildman–Crippen MR) is 357 cm³/mol. The van der Waals surface area contributed by atoms with Crippen LogP contribution in [0, 0.1) is 5.92 Å². The highest BCUT2D eigenvalue weighted by atomic mass is 32.2. The van der Waals surface area contributed by atoms with Crippen LogP contribution in [0.1, 0.15) is 89.2 Å². The second-order valence-corrected chi connectivity index (χ2v) is 26.3. The van der Waals surface area contributed by atoms with Gasteiger partial charge in [-0.15, -0.1) is 0 Å². The third kappa shape index (κ3) is 25.6. The van der Waals surface area contributed by atoms with Gasteiger partial charge in [0.15, 0.2) is 0 Å². The van der Waals surface area contributed by atoms with Crippen LogP contribution in [-0.2, 0) is 59.2 Å². The second kappa shape index (κ2) is 39.3. The van der Waals surface area contributed by atoms with Gasteiger partial charge >= 0.3 is 17.9 Å². The van der Waals surface area contributed by atoms with Gasteiger partial charge in [-0.1, -0.05) is 50.1 Å². The van der Waals surface area contributed by atoms with Crippen LogP contribution in [0.25, 0.3) is 10.9 Å². The number of likely N-dealkylation sites (N-methyl/N-ethyl adjacent to an activating group) is 1. The number of aliphatic carboxylic acids is 3. The standard InChI is InChI=1S/C65H98N14O16S/c1-41(48-35-69-49-12-8-7-11-47(48)49)58-63(93)72-51(34-45-17-22-66-23-18-45)61(91)74-59(43(3)80)64(94)70-42(2)65(95)75(4)52(62(92)71-50(60(90)73-58)33-44-13-15-46(81)16-14-44)19-32-96-40-54(83)68-21-10-6-5-9-20-67-53(82)36-76-24-26-77(37-55(84)85)28-30-79(39-57(88)89)31-29-78(27-25-76)38-56(86)87/h7-8,11-16,35,41-43,45,50-52,58-59,66,69,80-81H,5-6,9-10,17-34,36-40H2,1-4H3,(H,67,82)(H,68,83)(H,70,94)(H,71,92)(H,72,93)(H,73,90)(H,74,91)(H,84,85)(H,86,87)(H,88,89)/t41-,42-,43+,50-,51-,52-,58+,59-/m0/s1. The fourth-order valence-electron chi connectivity index (χ4n) is 12.1. The Hall–Kier alpha value is -7.94. The van der Waals surface area contributed by atoms with Crippen molar-refractivity contribution in [3.8, 4) is 5.75 Å². The van der Waals surface area contributed by atoms with E-state index < -0.39 is 102 Å². The number of piperidine rings is 1. The Morgan fingerprint density at radius 1 is 0.615 bits per heavy atom. The Labute approximate surface area is 563 Å². The van der Waals surface area contributed by atoms with Crippen LogP contribution in [0.5, 0.6) is 5.75 Å². The first-order valence-corrected chi connectivity index (χ1v) is 34.2. The molecular weight excluding hydrogens is 1260 g/mol. The minimum absolute atomic E-state index is 0.00967. The van der Waals surface area contributed by atoms with E-state index in [1.807, 2.05) is 29.2 Å². The van der Waals surface area contributed by atoms with Gasteiger partial charge in [0.2, 0.25) is 47.3 Å². The lowest BCUT2D eigenvalue weighted by Crippen LogP contribution is -2.63. The van der Waals surface area contributed by atoms with Crippen molar-refractivity contribution < 1.29 is 78.3 Å². The number of nitrogens with zero attached hydrogens (tertiary/aromatic N) is 5. The molecule has 3 saturated heterocycles. The summed E-state index contributed by atoms with van der Waals surface area (Å²) in [4.78, 5) is 160. The van der Waals surface area contributed by atoms with E-state index in [0.717, 1.165) is 28.6 Å². The van der Waals surface area contributed by atoms with Crippen molar-refractivity contribution >= 4 is 87.8 Å². The number of phenols is 1. The number of carbonyl (C=O) groups is 11. The minimum Gasteiger partial charge on any atom is -0.508 e. The molecule has 3 aromatic rings. The van der Waals surface area contributed by atoms with Crippen molar-refractivity contribution in [2.24, 2.45) is 5.92 Å². The van der Waals surface area contributed by atoms with Crippen LogP contribution in [0.2, 0.25) is 0 Å². The molecular formula is C65H98N14O16S. The van der Waals surface area contributed by atoms with E-state index in [4.69, 9.17) is 0 Å². The third-order valence-corrected chi connectivity index (χ3v) is 18.7. The lowest BCUT2D eigenvalue weighted by molar-refractivity contribution is -0.143. The molecule has 3 aliphatic rings. The number of carbonyl (C=O) groups excluding carboxylic acids is 8. The third-order valence-electron chi connectivity index (χ3n) is 17.7. The molecule has 6 rings (SSSR count). The summed E-state index contributed by atoms with van der Waals surface area (Å²) in [6, 6.07) is 5.13. The van der Waals surface area contributed by atoms with E-state index in [0.29, 0.717) is 76.1 Å². The van der Waals surface area contributed by atoms with E-state index >= 15 is 9.59 Å². The number of unbranched alkanes of at least 4 members (excludes halogenated alkanes) is 3. The zero-order valence-corrected chi connectivity index (χ0v) is 56.2. The first kappa shape index (κ1) is 77.1. The number of aliphatic hydroxyl groups excluding tert-OH is 1. The van der Waals surface area contributed by atoms with Crippen LogP contribution >= 0.6 is 11.8 Å². The van der Waals surface area contributed by atoms with E-state index in [1.54, 1.807) is 40.0 Å². The number of carboxylic acids is 3. The van der Waals surface area contributed by atoms with Gasteiger partial charge in [0, 0.05) is 102 Å². The number of aromatic amines is 1. The number of nitrogens with one attached hydrogen (secondary N) is 9. The van der Waals surface area contributed by atoms with Crippen molar-refractivity contribution in [1.29, 1.82) is 0 Å². The summed E-state index contributed by atoms with van der Waals surface area (Å²) in [7, 11) is 1.36. The smallest absolute Gasteiger partial charge is 0.317 e. The molecule has 0 unspecified atom stereocenters. The maximum Gasteiger partial charge on any atom is 0.317 e. The molecule has 14 N–H and O–H groups in total. The fraction of sp³-hybridized carbons (Fsp3) is 0.615. The lowest BCUT2D eigenvalue weighted by Gasteiger charge is -2.34. The van der Waals surface area contributed by atoms with Crippen LogP contribution < -0.4 is 42.5 Å². The lowest BCUT2D eigenvalue weighted by atomic mass is 9.89. The molecule has 8 atom stereocenters. The summed E-state index contributed by atoms with van der Waals surface area (Å²) in [5.41, 5.74) is 1.94. The molecule has 0 saturated carbocycles. The van der Waals surface area contributed by atoms with E-state index in [9.17, 15) is 68.7 Å². The van der Waals surface area contributed by atoms with Crippen molar-refractivity contribution in [2.45, 2.75) is 127 Å². The van der Waals surface area contributed by atoms with Gasteiger partial charge in [0.25, 0.3) is 0 Å². The number of aromatic nitrogens is 1. The van der Waals surface area contributed by atoms with Crippen molar-refractivity contribution in [3.05, 3.63) is 65.9 Å². The van der Waals surface area contributed by atoms with Crippen LogP contribution in [0.4, 0.5) is 0 Å². The van der Waals surface area contributed by atoms with Crippen LogP contribution in [0.15, 0.2) is 54.7 Å². The molecule has 3 fully saturated rings. The molecule has 530 valence electrons. The highest BCUT2D eigenvalue weighted by Crippen LogP contribution is 2.29. The molecule has 0 aliphatic carbocycles. The van der Waals surface area contributed by atoms with Crippen molar-refractivity contribution in [3.63, 3.8) is 0 Å². The first-order valence-electron chi connectivity index (χ1n) is 33.0. The molecule has 1 aromatic heterocycles. The number of hydrogen-bond donors (Lipinski definition) is 14. The molecule has 30 nitrogen and oxygen atoms in total. The number of aliphatic hydroxyl groups is 1. The normalized spacial score (nSPS) is 22.7. The van der Waals surface area contributed by atoms with Gasteiger partial charge in [-0.2, -0.15) is 11.8 Å². The average molecular weight is 1360 g/mol.